The zero-order valence-electron chi connectivity index (χ0n) is 7.36. The van der Waals surface area contributed by atoms with E-state index in [1.807, 2.05) is 17.6 Å². The lowest BCUT2D eigenvalue weighted by atomic mass is 10.1. The highest BCUT2D eigenvalue weighted by Gasteiger charge is 2.15. The van der Waals surface area contributed by atoms with Crippen molar-refractivity contribution in [1.82, 2.24) is 4.98 Å². The van der Waals surface area contributed by atoms with Crippen LogP contribution in [0.4, 0.5) is 0 Å². The van der Waals surface area contributed by atoms with Gasteiger partial charge < -0.3 is 15.8 Å². The van der Waals surface area contributed by atoms with Gasteiger partial charge in [-0.25, -0.2) is 0 Å². The standard InChI is InChI=1S/C9H10N2O2S/c10-6(9(12)13)3-5-4-14-7-1-2-11-8(5)7/h1-2,4,6,11H,3,10H2,(H,12,13)/t6-/m0/s1. The van der Waals surface area contributed by atoms with Gasteiger partial charge in [-0.3, -0.25) is 4.79 Å². The third kappa shape index (κ3) is 1.51. The summed E-state index contributed by atoms with van der Waals surface area (Å²) in [5.41, 5.74) is 7.44. The fourth-order valence-electron chi connectivity index (χ4n) is 1.37. The van der Waals surface area contributed by atoms with Crippen LogP contribution in [0.5, 0.6) is 0 Å². The van der Waals surface area contributed by atoms with Gasteiger partial charge in [-0.05, 0) is 17.0 Å². The van der Waals surface area contributed by atoms with Crippen molar-refractivity contribution in [3.8, 4) is 0 Å². The number of nitrogens with one attached hydrogen (secondary N) is 1. The van der Waals surface area contributed by atoms with Crippen LogP contribution in [-0.2, 0) is 11.2 Å². The Morgan fingerprint density at radius 1 is 1.71 bits per heavy atom. The third-order valence-corrected chi connectivity index (χ3v) is 3.11. The van der Waals surface area contributed by atoms with Crippen molar-refractivity contribution in [2.75, 3.05) is 0 Å². The highest BCUT2D eigenvalue weighted by Crippen LogP contribution is 2.25. The van der Waals surface area contributed by atoms with Crippen molar-refractivity contribution in [1.29, 1.82) is 0 Å². The average Bonchev–Trinajstić information content (AvgIpc) is 2.69. The predicted octanol–water partition coefficient (Wildman–Crippen LogP) is 1.18. The van der Waals surface area contributed by atoms with Gasteiger partial charge in [0, 0.05) is 12.6 Å². The van der Waals surface area contributed by atoms with E-state index >= 15 is 0 Å². The number of aliphatic carboxylic acids is 1. The van der Waals surface area contributed by atoms with E-state index in [9.17, 15) is 4.79 Å². The minimum Gasteiger partial charge on any atom is -0.480 e. The molecule has 0 aliphatic rings. The molecule has 14 heavy (non-hydrogen) atoms. The minimum absolute atomic E-state index is 0.371. The number of fused-ring (bicyclic) bond motifs is 1. The van der Waals surface area contributed by atoms with Crippen molar-refractivity contribution in [2.45, 2.75) is 12.5 Å². The van der Waals surface area contributed by atoms with Crippen molar-refractivity contribution in [3.05, 3.63) is 23.2 Å². The summed E-state index contributed by atoms with van der Waals surface area (Å²) < 4.78 is 1.14. The summed E-state index contributed by atoms with van der Waals surface area (Å²) in [6.07, 6.45) is 2.22. The highest BCUT2D eigenvalue weighted by atomic mass is 32.1. The zero-order valence-corrected chi connectivity index (χ0v) is 8.17. The van der Waals surface area contributed by atoms with E-state index in [0.717, 1.165) is 15.8 Å². The molecule has 2 aromatic heterocycles. The van der Waals surface area contributed by atoms with Crippen LogP contribution in [-0.4, -0.2) is 22.1 Å². The second-order valence-electron chi connectivity index (χ2n) is 3.13. The molecule has 0 saturated carbocycles. The monoisotopic (exact) mass is 210 g/mol. The Bertz CT molecular complexity index is 460. The summed E-state index contributed by atoms with van der Waals surface area (Å²) in [6, 6.07) is 1.14. The second kappa shape index (κ2) is 3.43. The van der Waals surface area contributed by atoms with Crippen molar-refractivity contribution in [2.24, 2.45) is 5.73 Å². The molecule has 0 amide bonds. The molecule has 2 aromatic rings. The van der Waals surface area contributed by atoms with E-state index in [1.54, 1.807) is 11.3 Å². The number of aromatic amines is 1. The Morgan fingerprint density at radius 2 is 2.50 bits per heavy atom. The van der Waals surface area contributed by atoms with Crippen LogP contribution in [0.3, 0.4) is 0 Å². The molecule has 0 fully saturated rings. The van der Waals surface area contributed by atoms with E-state index in [1.165, 1.54) is 0 Å². The molecule has 0 spiro atoms. The molecular formula is C9H10N2O2S. The maximum atomic E-state index is 10.6. The second-order valence-corrected chi connectivity index (χ2v) is 4.04. The topological polar surface area (TPSA) is 79.1 Å². The summed E-state index contributed by atoms with van der Waals surface area (Å²) in [7, 11) is 0. The van der Waals surface area contributed by atoms with Crippen molar-refractivity contribution in [3.63, 3.8) is 0 Å². The van der Waals surface area contributed by atoms with Crippen LogP contribution in [0.15, 0.2) is 17.6 Å². The van der Waals surface area contributed by atoms with Crippen LogP contribution in [0.25, 0.3) is 10.2 Å². The first kappa shape index (κ1) is 9.23. The maximum absolute atomic E-state index is 10.6. The summed E-state index contributed by atoms with van der Waals surface area (Å²) >= 11 is 1.59. The summed E-state index contributed by atoms with van der Waals surface area (Å²) in [5, 5.41) is 10.6. The van der Waals surface area contributed by atoms with Crippen LogP contribution < -0.4 is 5.73 Å². The molecule has 0 aromatic carbocycles. The Kier molecular flexibility index (Phi) is 2.26. The van der Waals surface area contributed by atoms with E-state index in [-0.39, 0.29) is 0 Å². The third-order valence-electron chi connectivity index (χ3n) is 2.12. The Morgan fingerprint density at radius 3 is 3.21 bits per heavy atom. The van der Waals surface area contributed by atoms with Gasteiger partial charge in [-0.1, -0.05) is 0 Å². The van der Waals surface area contributed by atoms with Crippen LogP contribution in [0.2, 0.25) is 0 Å². The Labute approximate surface area is 84.4 Å². The molecule has 2 heterocycles. The Balaban J connectivity index is 2.27. The van der Waals surface area contributed by atoms with Gasteiger partial charge in [0.05, 0.1) is 10.2 Å². The lowest BCUT2D eigenvalue weighted by molar-refractivity contribution is -0.138. The van der Waals surface area contributed by atoms with E-state index in [0.29, 0.717) is 6.42 Å². The van der Waals surface area contributed by atoms with E-state index in [2.05, 4.69) is 4.98 Å². The molecule has 1 atom stereocenters. The lowest BCUT2D eigenvalue weighted by Crippen LogP contribution is -2.32. The average molecular weight is 210 g/mol. The quantitative estimate of drug-likeness (QED) is 0.711. The minimum atomic E-state index is -0.962. The first-order valence-electron chi connectivity index (χ1n) is 4.20. The summed E-state index contributed by atoms with van der Waals surface area (Å²) in [6.45, 7) is 0. The molecule has 0 aliphatic carbocycles. The first-order chi connectivity index (χ1) is 6.68. The number of H-pyrrole nitrogens is 1. The number of carboxylic acids is 1. The van der Waals surface area contributed by atoms with Crippen LogP contribution in [0.1, 0.15) is 5.56 Å². The lowest BCUT2D eigenvalue weighted by Gasteiger charge is -2.03. The molecule has 4 nitrogen and oxygen atoms in total. The van der Waals surface area contributed by atoms with Gasteiger partial charge in [0.2, 0.25) is 0 Å². The molecule has 0 aliphatic heterocycles. The molecule has 2 rings (SSSR count). The SMILES string of the molecule is N[C@@H](Cc1csc2cc[nH]c12)C(=O)O. The van der Waals surface area contributed by atoms with E-state index in [4.69, 9.17) is 10.8 Å². The van der Waals surface area contributed by atoms with Gasteiger partial charge in [-0.2, -0.15) is 0 Å². The highest BCUT2D eigenvalue weighted by molar-refractivity contribution is 7.17. The summed E-state index contributed by atoms with van der Waals surface area (Å²) in [5.74, 6) is -0.962. The van der Waals surface area contributed by atoms with Crippen LogP contribution in [0, 0.1) is 0 Å². The number of aromatic nitrogens is 1. The fraction of sp³-hybridized carbons (Fsp3) is 0.222. The van der Waals surface area contributed by atoms with Crippen molar-refractivity contribution >= 4 is 27.5 Å². The molecule has 0 bridgehead atoms. The van der Waals surface area contributed by atoms with Gasteiger partial charge in [0.25, 0.3) is 0 Å². The number of hydrogen-bond donors (Lipinski definition) is 3. The molecule has 0 unspecified atom stereocenters. The molecule has 0 saturated heterocycles. The number of carboxylic acid groups (broad SMARTS) is 1. The van der Waals surface area contributed by atoms with Crippen LogP contribution >= 0.6 is 11.3 Å². The maximum Gasteiger partial charge on any atom is 0.320 e. The van der Waals surface area contributed by atoms with Gasteiger partial charge in [0.1, 0.15) is 6.04 Å². The number of thiophene rings is 1. The molecule has 0 radical (unpaired) electrons. The first-order valence-corrected chi connectivity index (χ1v) is 5.08. The fourth-order valence-corrected chi connectivity index (χ4v) is 2.31. The number of nitrogens with two attached hydrogens (primary N) is 1. The number of carbonyl (C=O) groups is 1. The summed E-state index contributed by atoms with van der Waals surface area (Å²) in [4.78, 5) is 13.6. The van der Waals surface area contributed by atoms with Gasteiger partial charge >= 0.3 is 5.97 Å². The molecule has 4 N–H and O–H groups in total. The molecule has 5 heteroatoms. The molecule has 74 valence electrons. The number of rotatable bonds is 3. The predicted molar refractivity (Wildman–Crippen MR) is 55.5 cm³/mol. The largest absolute Gasteiger partial charge is 0.480 e. The van der Waals surface area contributed by atoms with Gasteiger partial charge in [0.15, 0.2) is 0 Å². The normalized spacial score (nSPS) is 13.2. The number of hydrogen-bond acceptors (Lipinski definition) is 3. The molecular weight excluding hydrogens is 200 g/mol. The Hall–Kier alpha value is -1.33. The smallest absolute Gasteiger partial charge is 0.320 e. The zero-order chi connectivity index (χ0) is 10.1. The van der Waals surface area contributed by atoms with E-state index < -0.39 is 12.0 Å². The van der Waals surface area contributed by atoms with Gasteiger partial charge in [-0.15, -0.1) is 11.3 Å². The van der Waals surface area contributed by atoms with Crippen molar-refractivity contribution < 1.29 is 9.90 Å².